The number of nitrogen functional groups attached to an aromatic ring is 1. The number of benzene rings is 4. The van der Waals surface area contributed by atoms with Gasteiger partial charge in [0.2, 0.25) is 11.8 Å². The first-order valence-electron chi connectivity index (χ1n) is 17.7. The lowest BCUT2D eigenvalue weighted by Crippen LogP contribution is -2.40. The van der Waals surface area contributed by atoms with E-state index >= 15 is 0 Å². The Morgan fingerprint density at radius 1 is 0.714 bits per heavy atom. The molecule has 0 atom stereocenters. The minimum atomic E-state index is -0.0490. The number of nitrogens with two attached hydrogens (primary N) is 1. The minimum Gasteiger partial charge on any atom is -0.398 e. The van der Waals surface area contributed by atoms with Crippen molar-refractivity contribution in [1.29, 1.82) is 0 Å². The third-order valence-corrected chi connectivity index (χ3v) is 10.5. The minimum absolute atomic E-state index is 0.0490. The Bertz CT molecular complexity index is 2230. The molecule has 0 radical (unpaired) electrons. The van der Waals surface area contributed by atoms with Crippen LogP contribution in [-0.2, 0) is 9.59 Å². The number of rotatable bonds is 4. The van der Waals surface area contributed by atoms with E-state index in [2.05, 4.69) is 131 Å². The quantitative estimate of drug-likeness (QED) is 0.185. The van der Waals surface area contributed by atoms with Crippen LogP contribution in [0.2, 0.25) is 0 Å². The first-order valence-corrected chi connectivity index (χ1v) is 17.7. The van der Waals surface area contributed by atoms with Crippen LogP contribution in [0.15, 0.2) is 60.7 Å². The number of aromatic nitrogens is 2. The second-order valence-electron chi connectivity index (χ2n) is 14.4. The zero-order valence-corrected chi connectivity index (χ0v) is 30.6. The number of amides is 2. The van der Waals surface area contributed by atoms with Gasteiger partial charge >= 0.3 is 0 Å². The molecule has 7 rings (SSSR count). The van der Waals surface area contributed by atoms with Gasteiger partial charge in [0.25, 0.3) is 0 Å². The zero-order chi connectivity index (χ0) is 35.3. The highest BCUT2D eigenvalue weighted by Crippen LogP contribution is 2.39. The first kappa shape index (κ1) is 34.1. The molecule has 0 bridgehead atoms. The van der Waals surface area contributed by atoms with E-state index in [1.165, 1.54) is 49.2 Å². The van der Waals surface area contributed by atoms with Crippen molar-refractivity contribution in [3.63, 3.8) is 0 Å². The number of carbonyl (C=O) groups excluding carboxylic acids is 2. The maximum Gasteiger partial charge on any atom is 0.227 e. The van der Waals surface area contributed by atoms with Gasteiger partial charge in [-0.05, 0) is 115 Å². The van der Waals surface area contributed by atoms with Gasteiger partial charge in [-0.1, -0.05) is 36.4 Å². The summed E-state index contributed by atoms with van der Waals surface area (Å²) < 4.78 is 4.79. The Kier molecular flexibility index (Phi) is 9.23. The van der Waals surface area contributed by atoms with Gasteiger partial charge in [0.05, 0.1) is 11.0 Å². The maximum absolute atomic E-state index is 13.0. The number of hydrogen-bond acceptors (Lipinski definition) is 3. The SMILES string of the molecule is CC(=O)N1CCC(C(=O)Nc2c(C)cc3c(c2C)c2ccccc2n3C(C)C)CC1.Cc1cc2c(c(C)c1N)c1ccccc1n2C(C)C. The first-order chi connectivity index (χ1) is 23.3. The van der Waals surface area contributed by atoms with E-state index < -0.39 is 0 Å². The van der Waals surface area contributed by atoms with Gasteiger partial charge in [-0.2, -0.15) is 0 Å². The standard InChI is InChI=1S/C25H31N3O2.C17H20N2/c1-15(2)28-21-9-7-6-8-20(21)23-17(4)24(16(3)14-22(23)28)26-25(30)19-10-12-27(13-11-19)18(5)29;1-10(2)19-14-8-6-5-7-13(14)16-12(4)17(18)11(3)9-15(16)19/h6-9,14-15,19H,10-13H2,1-5H3,(H,26,30);5-10H,18H2,1-4H3. The Hall–Kier alpha value is -4.78. The number of anilines is 2. The Labute approximate surface area is 290 Å². The molecule has 2 amide bonds. The fourth-order valence-corrected chi connectivity index (χ4v) is 8.04. The van der Waals surface area contributed by atoms with Crippen LogP contribution in [0, 0.1) is 33.6 Å². The van der Waals surface area contributed by atoms with E-state index in [4.69, 9.17) is 5.73 Å². The molecule has 1 fully saturated rings. The molecule has 3 N–H and O–H groups in total. The van der Waals surface area contributed by atoms with Gasteiger partial charge in [-0.15, -0.1) is 0 Å². The molecule has 1 aliphatic heterocycles. The molecule has 256 valence electrons. The molecule has 1 aliphatic rings. The van der Waals surface area contributed by atoms with Crippen LogP contribution in [0.5, 0.6) is 0 Å². The number of piperidine rings is 1. The normalized spacial score (nSPS) is 14.0. The summed E-state index contributed by atoms with van der Waals surface area (Å²) in [6.07, 6.45) is 1.44. The number of nitrogens with zero attached hydrogens (tertiary/aromatic N) is 3. The van der Waals surface area contributed by atoms with Crippen LogP contribution in [0.1, 0.15) is 81.8 Å². The van der Waals surface area contributed by atoms with Crippen molar-refractivity contribution >= 4 is 66.8 Å². The Morgan fingerprint density at radius 3 is 1.67 bits per heavy atom. The molecule has 7 nitrogen and oxygen atoms in total. The number of hydrogen-bond donors (Lipinski definition) is 2. The van der Waals surface area contributed by atoms with Crippen LogP contribution < -0.4 is 11.1 Å². The Balaban J connectivity index is 0.000000188. The molecular formula is C42H51N5O2. The molecule has 0 saturated carbocycles. The fraction of sp³-hybridized carbons (Fsp3) is 0.381. The molecule has 1 saturated heterocycles. The highest BCUT2D eigenvalue weighted by molar-refractivity contribution is 6.13. The number of carbonyl (C=O) groups is 2. The predicted molar refractivity (Wildman–Crippen MR) is 207 cm³/mol. The van der Waals surface area contributed by atoms with Crippen LogP contribution in [0.4, 0.5) is 11.4 Å². The van der Waals surface area contributed by atoms with Crippen molar-refractivity contribution in [2.75, 3.05) is 24.1 Å². The van der Waals surface area contributed by atoms with Crippen molar-refractivity contribution in [3.8, 4) is 0 Å². The average molecular weight is 658 g/mol. The van der Waals surface area contributed by atoms with E-state index in [1.54, 1.807) is 6.92 Å². The summed E-state index contributed by atoms with van der Waals surface area (Å²) >= 11 is 0. The van der Waals surface area contributed by atoms with Gasteiger partial charge < -0.3 is 25.1 Å². The predicted octanol–water partition coefficient (Wildman–Crippen LogP) is 9.76. The van der Waals surface area contributed by atoms with Crippen molar-refractivity contribution in [3.05, 3.63) is 82.9 Å². The molecule has 0 spiro atoms. The second kappa shape index (κ2) is 13.3. The topological polar surface area (TPSA) is 85.3 Å². The van der Waals surface area contributed by atoms with Gasteiger partial charge in [0, 0.05) is 82.0 Å². The molecule has 4 aromatic carbocycles. The molecule has 3 heterocycles. The lowest BCUT2D eigenvalue weighted by atomic mass is 9.95. The van der Waals surface area contributed by atoms with Crippen molar-refractivity contribution in [1.82, 2.24) is 14.0 Å². The van der Waals surface area contributed by atoms with Crippen molar-refractivity contribution in [2.45, 2.75) is 87.2 Å². The zero-order valence-electron chi connectivity index (χ0n) is 30.6. The summed E-state index contributed by atoms with van der Waals surface area (Å²) in [5.74, 6) is 0.107. The van der Waals surface area contributed by atoms with Crippen LogP contribution in [0.3, 0.4) is 0 Å². The maximum atomic E-state index is 13.0. The second-order valence-corrected chi connectivity index (χ2v) is 14.4. The smallest absolute Gasteiger partial charge is 0.227 e. The lowest BCUT2D eigenvalue weighted by Gasteiger charge is -2.30. The highest BCUT2D eigenvalue weighted by atomic mass is 16.2. The largest absolute Gasteiger partial charge is 0.398 e. The van der Waals surface area contributed by atoms with Crippen molar-refractivity contribution < 1.29 is 9.59 Å². The Morgan fingerprint density at radius 2 is 1.18 bits per heavy atom. The van der Waals surface area contributed by atoms with Crippen LogP contribution in [0.25, 0.3) is 43.6 Å². The molecule has 49 heavy (non-hydrogen) atoms. The van der Waals surface area contributed by atoms with Gasteiger partial charge in [-0.25, -0.2) is 0 Å². The van der Waals surface area contributed by atoms with Crippen LogP contribution >= 0.6 is 0 Å². The van der Waals surface area contributed by atoms with Gasteiger partial charge in [-0.3, -0.25) is 9.59 Å². The summed E-state index contributed by atoms with van der Waals surface area (Å²) in [7, 11) is 0. The average Bonchev–Trinajstić information content (AvgIpc) is 3.58. The van der Waals surface area contributed by atoms with E-state index in [9.17, 15) is 9.59 Å². The number of nitrogens with one attached hydrogen (secondary N) is 1. The van der Waals surface area contributed by atoms with E-state index in [-0.39, 0.29) is 17.7 Å². The summed E-state index contributed by atoms with van der Waals surface area (Å²) in [4.78, 5) is 26.4. The van der Waals surface area contributed by atoms with Gasteiger partial charge in [0.1, 0.15) is 0 Å². The van der Waals surface area contributed by atoms with Crippen LogP contribution in [-0.4, -0.2) is 38.9 Å². The third-order valence-electron chi connectivity index (χ3n) is 10.5. The summed E-state index contributed by atoms with van der Waals surface area (Å²) in [6, 6.07) is 22.3. The third kappa shape index (κ3) is 5.94. The molecule has 7 heteroatoms. The fourth-order valence-electron chi connectivity index (χ4n) is 8.04. The van der Waals surface area contributed by atoms with E-state index in [0.29, 0.717) is 25.2 Å². The highest BCUT2D eigenvalue weighted by Gasteiger charge is 2.27. The number of fused-ring (bicyclic) bond motifs is 6. The monoisotopic (exact) mass is 657 g/mol. The van der Waals surface area contributed by atoms with E-state index in [1.807, 2.05) is 4.90 Å². The summed E-state index contributed by atoms with van der Waals surface area (Å²) in [5, 5.41) is 8.28. The molecule has 6 aromatic rings. The summed E-state index contributed by atoms with van der Waals surface area (Å²) in [6.45, 7) is 20.2. The van der Waals surface area contributed by atoms with E-state index in [0.717, 1.165) is 40.9 Å². The number of aryl methyl sites for hydroxylation is 4. The molecule has 2 aromatic heterocycles. The molecule has 0 unspecified atom stereocenters. The summed E-state index contributed by atoms with van der Waals surface area (Å²) in [5.41, 5.74) is 17.6. The van der Waals surface area contributed by atoms with Gasteiger partial charge in [0.15, 0.2) is 0 Å². The van der Waals surface area contributed by atoms with Crippen molar-refractivity contribution in [2.24, 2.45) is 5.92 Å². The number of likely N-dealkylation sites (tertiary alicyclic amines) is 1. The lowest BCUT2D eigenvalue weighted by molar-refractivity contribution is -0.132. The molecular weight excluding hydrogens is 606 g/mol. The number of para-hydroxylation sites is 2. The molecule has 0 aliphatic carbocycles.